The molecule has 0 amide bonds. The van der Waals surface area contributed by atoms with Crippen molar-refractivity contribution >= 4 is 0 Å². The fourth-order valence-corrected chi connectivity index (χ4v) is 1.50. The Hall–Kier alpha value is -0.860. The smallest absolute Gasteiger partial charge is 0.0666 e. The summed E-state index contributed by atoms with van der Waals surface area (Å²) < 4.78 is 0. The van der Waals surface area contributed by atoms with E-state index >= 15 is 0 Å². The zero-order valence-corrected chi connectivity index (χ0v) is 9.12. The van der Waals surface area contributed by atoms with Crippen LogP contribution in [0.2, 0.25) is 0 Å². The van der Waals surface area contributed by atoms with Crippen molar-refractivity contribution < 1.29 is 5.11 Å². The van der Waals surface area contributed by atoms with E-state index in [1.165, 1.54) is 16.7 Å². The Morgan fingerprint density at radius 3 is 2.50 bits per heavy atom. The average molecular weight is 193 g/mol. The third-order valence-corrected chi connectivity index (χ3v) is 2.57. The summed E-state index contributed by atoms with van der Waals surface area (Å²) in [6.07, 6.45) is 0.291. The minimum atomic E-state index is -0.448. The van der Waals surface area contributed by atoms with Crippen LogP contribution in [0.25, 0.3) is 0 Å². The minimum absolute atomic E-state index is 0.170. The van der Waals surface area contributed by atoms with Gasteiger partial charge >= 0.3 is 0 Å². The molecule has 1 aromatic rings. The monoisotopic (exact) mass is 193 g/mol. The molecule has 2 atom stereocenters. The molecule has 2 nitrogen and oxygen atoms in total. The summed E-state index contributed by atoms with van der Waals surface area (Å²) in [5, 5.41) is 9.30. The Bertz CT molecular complexity index is 307. The summed E-state index contributed by atoms with van der Waals surface area (Å²) in [6.45, 7) is 5.89. The number of benzene rings is 1. The highest BCUT2D eigenvalue weighted by Gasteiger charge is 2.11. The maximum atomic E-state index is 9.30. The standard InChI is InChI=1S/C12H19NO/c1-8-4-5-11(9(2)6-8)7-12(13)10(3)14/h4-6,10,12,14H,7,13H2,1-3H3. The molecule has 0 aliphatic rings. The van der Waals surface area contributed by atoms with E-state index in [1.54, 1.807) is 6.92 Å². The number of hydrogen-bond acceptors (Lipinski definition) is 2. The van der Waals surface area contributed by atoms with Crippen molar-refractivity contribution in [1.82, 2.24) is 0 Å². The van der Waals surface area contributed by atoms with Gasteiger partial charge in [0.15, 0.2) is 0 Å². The largest absolute Gasteiger partial charge is 0.392 e. The molecule has 1 aromatic carbocycles. The lowest BCUT2D eigenvalue weighted by atomic mass is 9.97. The van der Waals surface area contributed by atoms with Crippen LogP contribution < -0.4 is 5.73 Å². The second-order valence-corrected chi connectivity index (χ2v) is 4.04. The number of hydrogen-bond donors (Lipinski definition) is 2. The van der Waals surface area contributed by atoms with E-state index in [-0.39, 0.29) is 6.04 Å². The van der Waals surface area contributed by atoms with E-state index in [9.17, 15) is 5.11 Å². The van der Waals surface area contributed by atoms with Gasteiger partial charge in [-0.2, -0.15) is 0 Å². The molecule has 1 rings (SSSR count). The highest BCUT2D eigenvalue weighted by Crippen LogP contribution is 2.12. The van der Waals surface area contributed by atoms with Gasteiger partial charge in [0, 0.05) is 6.04 Å². The predicted molar refractivity (Wildman–Crippen MR) is 59.3 cm³/mol. The van der Waals surface area contributed by atoms with Crippen molar-refractivity contribution in [2.24, 2.45) is 5.73 Å². The van der Waals surface area contributed by atoms with E-state index in [0.717, 1.165) is 6.42 Å². The van der Waals surface area contributed by atoms with Gasteiger partial charge in [0.1, 0.15) is 0 Å². The first-order valence-electron chi connectivity index (χ1n) is 5.00. The maximum Gasteiger partial charge on any atom is 0.0666 e. The summed E-state index contributed by atoms with van der Waals surface area (Å²) in [7, 11) is 0. The van der Waals surface area contributed by atoms with Crippen LogP contribution in [0.1, 0.15) is 23.6 Å². The Labute approximate surface area is 85.8 Å². The van der Waals surface area contributed by atoms with E-state index < -0.39 is 6.10 Å². The Balaban J connectivity index is 2.77. The lowest BCUT2D eigenvalue weighted by Crippen LogP contribution is -2.34. The van der Waals surface area contributed by atoms with Gasteiger partial charge in [0.2, 0.25) is 0 Å². The van der Waals surface area contributed by atoms with Gasteiger partial charge in [0.05, 0.1) is 6.10 Å². The topological polar surface area (TPSA) is 46.2 Å². The normalized spacial score (nSPS) is 15.2. The van der Waals surface area contributed by atoms with E-state index in [0.29, 0.717) is 0 Å². The van der Waals surface area contributed by atoms with Gasteiger partial charge in [-0.25, -0.2) is 0 Å². The van der Waals surface area contributed by atoms with Crippen LogP contribution in [0.15, 0.2) is 18.2 Å². The van der Waals surface area contributed by atoms with Crippen LogP contribution >= 0.6 is 0 Å². The van der Waals surface area contributed by atoms with Crippen molar-refractivity contribution in [1.29, 1.82) is 0 Å². The second-order valence-electron chi connectivity index (χ2n) is 4.04. The third-order valence-electron chi connectivity index (χ3n) is 2.57. The van der Waals surface area contributed by atoms with Crippen molar-refractivity contribution in [3.05, 3.63) is 34.9 Å². The quantitative estimate of drug-likeness (QED) is 0.765. The third kappa shape index (κ3) is 2.82. The van der Waals surface area contributed by atoms with Crippen LogP contribution in [0.3, 0.4) is 0 Å². The summed E-state index contributed by atoms with van der Waals surface area (Å²) in [6, 6.07) is 6.14. The van der Waals surface area contributed by atoms with Crippen LogP contribution in [0, 0.1) is 13.8 Å². The molecule has 0 fully saturated rings. The maximum absolute atomic E-state index is 9.30. The van der Waals surface area contributed by atoms with Crippen LogP contribution in [0.4, 0.5) is 0 Å². The van der Waals surface area contributed by atoms with Crippen molar-refractivity contribution in [3.63, 3.8) is 0 Å². The number of nitrogens with two attached hydrogens (primary N) is 1. The van der Waals surface area contributed by atoms with E-state index in [2.05, 4.69) is 32.0 Å². The highest BCUT2D eigenvalue weighted by molar-refractivity contribution is 5.31. The molecule has 0 aliphatic carbocycles. The molecule has 0 saturated heterocycles. The van der Waals surface area contributed by atoms with Gasteiger partial charge in [0.25, 0.3) is 0 Å². The van der Waals surface area contributed by atoms with Crippen molar-refractivity contribution in [2.45, 2.75) is 39.3 Å². The summed E-state index contributed by atoms with van der Waals surface area (Å²) in [5.74, 6) is 0. The molecule has 0 aliphatic heterocycles. The molecule has 78 valence electrons. The zero-order valence-electron chi connectivity index (χ0n) is 9.12. The van der Waals surface area contributed by atoms with Crippen LogP contribution in [-0.2, 0) is 6.42 Å². The lowest BCUT2D eigenvalue weighted by molar-refractivity contribution is 0.163. The summed E-state index contributed by atoms with van der Waals surface area (Å²) in [4.78, 5) is 0. The fourth-order valence-electron chi connectivity index (χ4n) is 1.50. The molecule has 0 aromatic heterocycles. The Morgan fingerprint density at radius 2 is 2.00 bits per heavy atom. The van der Waals surface area contributed by atoms with Gasteiger partial charge in [-0.3, -0.25) is 0 Å². The van der Waals surface area contributed by atoms with Gasteiger partial charge in [-0.1, -0.05) is 23.8 Å². The minimum Gasteiger partial charge on any atom is -0.392 e. The number of aliphatic hydroxyl groups is 1. The molecule has 2 heteroatoms. The molecule has 3 N–H and O–H groups in total. The van der Waals surface area contributed by atoms with Crippen LogP contribution in [0.5, 0.6) is 0 Å². The molecular weight excluding hydrogens is 174 g/mol. The highest BCUT2D eigenvalue weighted by atomic mass is 16.3. The number of aliphatic hydroxyl groups excluding tert-OH is 1. The molecular formula is C12H19NO. The first-order valence-corrected chi connectivity index (χ1v) is 5.00. The number of rotatable bonds is 3. The first kappa shape index (κ1) is 11.2. The van der Waals surface area contributed by atoms with Crippen LogP contribution in [-0.4, -0.2) is 17.3 Å². The fraction of sp³-hybridized carbons (Fsp3) is 0.500. The SMILES string of the molecule is Cc1ccc(CC(N)C(C)O)c(C)c1. The second kappa shape index (κ2) is 4.58. The van der Waals surface area contributed by atoms with Gasteiger partial charge in [-0.15, -0.1) is 0 Å². The molecule has 0 saturated carbocycles. The van der Waals surface area contributed by atoms with Gasteiger partial charge in [-0.05, 0) is 38.3 Å². The van der Waals surface area contributed by atoms with Gasteiger partial charge < -0.3 is 10.8 Å². The Morgan fingerprint density at radius 1 is 1.36 bits per heavy atom. The summed E-state index contributed by atoms with van der Waals surface area (Å²) in [5.41, 5.74) is 9.54. The zero-order chi connectivity index (χ0) is 10.7. The van der Waals surface area contributed by atoms with Crippen molar-refractivity contribution in [3.8, 4) is 0 Å². The average Bonchev–Trinajstić information content (AvgIpc) is 2.09. The number of aryl methyl sites for hydroxylation is 2. The molecule has 0 bridgehead atoms. The van der Waals surface area contributed by atoms with E-state index in [4.69, 9.17) is 5.73 Å². The van der Waals surface area contributed by atoms with Crippen molar-refractivity contribution in [2.75, 3.05) is 0 Å². The molecule has 0 radical (unpaired) electrons. The summed E-state index contributed by atoms with van der Waals surface area (Å²) >= 11 is 0. The first-order chi connectivity index (χ1) is 6.50. The molecule has 0 heterocycles. The molecule has 14 heavy (non-hydrogen) atoms. The predicted octanol–water partition coefficient (Wildman–Crippen LogP) is 1.55. The lowest BCUT2D eigenvalue weighted by Gasteiger charge is -2.16. The molecule has 0 spiro atoms. The molecule has 2 unspecified atom stereocenters. The van der Waals surface area contributed by atoms with E-state index in [1.807, 2.05) is 0 Å². The Kier molecular flexibility index (Phi) is 3.67.